The molecule has 0 bridgehead atoms. The molecule has 0 radical (unpaired) electrons. The van der Waals surface area contributed by atoms with E-state index in [4.69, 9.17) is 0 Å². The van der Waals surface area contributed by atoms with E-state index < -0.39 is 0 Å². The predicted molar refractivity (Wildman–Crippen MR) is 104 cm³/mol. The number of benzene rings is 2. The Bertz CT molecular complexity index is 1070. The second-order valence-electron chi connectivity index (χ2n) is 6.46. The smallest absolute Gasteiger partial charge is 0.253 e. The van der Waals surface area contributed by atoms with Gasteiger partial charge in [-0.3, -0.25) is 4.79 Å². The summed E-state index contributed by atoms with van der Waals surface area (Å²) >= 11 is 0. The normalized spacial score (nSPS) is 10.8. The third-order valence-electron chi connectivity index (χ3n) is 4.37. The molecule has 2 aromatic carbocycles. The molecule has 0 aliphatic rings. The van der Waals surface area contributed by atoms with Crippen molar-refractivity contribution in [2.45, 2.75) is 6.54 Å². The van der Waals surface area contributed by atoms with Crippen LogP contribution in [-0.2, 0) is 13.6 Å². The van der Waals surface area contributed by atoms with Gasteiger partial charge >= 0.3 is 0 Å². The molecule has 0 saturated carbocycles. The topological polar surface area (TPSA) is 81.7 Å². The molecule has 4 rings (SSSR count). The molecule has 28 heavy (non-hydrogen) atoms. The summed E-state index contributed by atoms with van der Waals surface area (Å²) in [4.78, 5) is 15.8. The standard InChI is InChI=1S/C20H19N7O/c1-25(14-15-4-10-18(11-5-15)27-13-3-12-21-27)20(28)17-8-6-16(7-9-17)19-22-24-26(2)23-19/h3-13H,14H2,1-2H3. The van der Waals surface area contributed by atoms with Crippen LogP contribution in [0.15, 0.2) is 67.0 Å². The summed E-state index contributed by atoms with van der Waals surface area (Å²) in [7, 11) is 3.51. The fourth-order valence-corrected chi connectivity index (χ4v) is 2.90. The molecule has 0 atom stereocenters. The van der Waals surface area contributed by atoms with Gasteiger partial charge in [0, 0.05) is 37.1 Å². The van der Waals surface area contributed by atoms with Crippen molar-refractivity contribution in [3.05, 3.63) is 78.1 Å². The molecular formula is C20H19N7O. The Kier molecular flexibility index (Phi) is 4.67. The van der Waals surface area contributed by atoms with E-state index in [0.717, 1.165) is 16.8 Å². The van der Waals surface area contributed by atoms with Gasteiger partial charge in [0.05, 0.1) is 12.7 Å². The molecule has 1 amide bonds. The second-order valence-corrected chi connectivity index (χ2v) is 6.46. The number of carbonyl (C=O) groups is 1. The lowest BCUT2D eigenvalue weighted by molar-refractivity contribution is 0.0785. The average Bonchev–Trinajstić information content (AvgIpc) is 3.40. The van der Waals surface area contributed by atoms with Gasteiger partial charge in [0.25, 0.3) is 5.91 Å². The van der Waals surface area contributed by atoms with Gasteiger partial charge in [0.15, 0.2) is 0 Å². The Labute approximate surface area is 162 Å². The number of tetrazole rings is 1. The van der Waals surface area contributed by atoms with Crippen molar-refractivity contribution in [2.24, 2.45) is 7.05 Å². The van der Waals surface area contributed by atoms with Crippen molar-refractivity contribution in [1.82, 2.24) is 34.9 Å². The minimum atomic E-state index is -0.0465. The van der Waals surface area contributed by atoms with Gasteiger partial charge < -0.3 is 4.90 Å². The van der Waals surface area contributed by atoms with E-state index in [1.54, 1.807) is 42.0 Å². The van der Waals surface area contributed by atoms with Crippen molar-refractivity contribution in [3.63, 3.8) is 0 Å². The van der Waals surface area contributed by atoms with Gasteiger partial charge in [-0.2, -0.15) is 9.90 Å². The molecule has 0 aliphatic heterocycles. The zero-order valence-corrected chi connectivity index (χ0v) is 15.6. The molecule has 2 heterocycles. The number of nitrogens with zero attached hydrogens (tertiary/aromatic N) is 7. The van der Waals surface area contributed by atoms with Crippen LogP contribution < -0.4 is 0 Å². The average molecular weight is 373 g/mol. The van der Waals surface area contributed by atoms with Crippen LogP contribution in [0.2, 0.25) is 0 Å². The van der Waals surface area contributed by atoms with E-state index in [9.17, 15) is 4.79 Å². The van der Waals surface area contributed by atoms with Gasteiger partial charge in [-0.25, -0.2) is 4.68 Å². The van der Waals surface area contributed by atoms with Crippen LogP contribution in [0.5, 0.6) is 0 Å². The SMILES string of the molecule is CN(Cc1ccc(-n2cccn2)cc1)C(=O)c1ccc(-c2nnn(C)n2)cc1. The first kappa shape index (κ1) is 17.6. The van der Waals surface area contributed by atoms with Crippen LogP contribution in [0.4, 0.5) is 0 Å². The molecule has 8 heteroatoms. The molecule has 8 nitrogen and oxygen atoms in total. The third-order valence-corrected chi connectivity index (χ3v) is 4.37. The quantitative estimate of drug-likeness (QED) is 0.536. The van der Waals surface area contributed by atoms with Gasteiger partial charge in [-0.05, 0) is 41.1 Å². The number of carbonyl (C=O) groups excluding carboxylic acids is 1. The Morgan fingerprint density at radius 2 is 1.82 bits per heavy atom. The van der Waals surface area contributed by atoms with E-state index in [1.165, 1.54) is 4.80 Å². The minimum absolute atomic E-state index is 0.0465. The van der Waals surface area contributed by atoms with E-state index >= 15 is 0 Å². The summed E-state index contributed by atoms with van der Waals surface area (Å²) < 4.78 is 1.80. The highest BCUT2D eigenvalue weighted by Gasteiger charge is 2.13. The molecule has 0 saturated heterocycles. The van der Waals surface area contributed by atoms with E-state index in [0.29, 0.717) is 17.9 Å². The number of amides is 1. The van der Waals surface area contributed by atoms with E-state index in [-0.39, 0.29) is 5.91 Å². The van der Waals surface area contributed by atoms with Crippen LogP contribution in [0.3, 0.4) is 0 Å². The summed E-state index contributed by atoms with van der Waals surface area (Å²) in [5.74, 6) is 0.488. The molecule has 0 aliphatic carbocycles. The van der Waals surface area contributed by atoms with Crippen molar-refractivity contribution < 1.29 is 4.79 Å². The third kappa shape index (κ3) is 3.66. The lowest BCUT2D eigenvalue weighted by Crippen LogP contribution is -2.26. The zero-order chi connectivity index (χ0) is 19.5. The van der Waals surface area contributed by atoms with Crippen LogP contribution in [0.1, 0.15) is 15.9 Å². The molecule has 2 aromatic heterocycles. The number of aromatic nitrogens is 6. The molecule has 0 spiro atoms. The van der Waals surface area contributed by atoms with Gasteiger partial charge in [-0.15, -0.1) is 10.2 Å². The van der Waals surface area contributed by atoms with Crippen LogP contribution >= 0.6 is 0 Å². The fourth-order valence-electron chi connectivity index (χ4n) is 2.90. The van der Waals surface area contributed by atoms with Gasteiger partial charge in [0.1, 0.15) is 0 Å². The van der Waals surface area contributed by atoms with Crippen molar-refractivity contribution in [1.29, 1.82) is 0 Å². The minimum Gasteiger partial charge on any atom is -0.337 e. The first-order valence-corrected chi connectivity index (χ1v) is 8.79. The van der Waals surface area contributed by atoms with Crippen molar-refractivity contribution in [3.8, 4) is 17.1 Å². The zero-order valence-electron chi connectivity index (χ0n) is 15.6. The van der Waals surface area contributed by atoms with Crippen molar-refractivity contribution >= 4 is 5.91 Å². The van der Waals surface area contributed by atoms with Gasteiger partial charge in [0.2, 0.25) is 5.82 Å². The number of aryl methyl sites for hydroxylation is 1. The Hall–Kier alpha value is -3.81. The highest BCUT2D eigenvalue weighted by molar-refractivity contribution is 5.94. The van der Waals surface area contributed by atoms with Crippen LogP contribution in [0, 0.1) is 0 Å². The highest BCUT2D eigenvalue weighted by atomic mass is 16.2. The van der Waals surface area contributed by atoms with Gasteiger partial charge in [-0.1, -0.05) is 24.3 Å². The Morgan fingerprint density at radius 1 is 1.07 bits per heavy atom. The summed E-state index contributed by atoms with van der Waals surface area (Å²) in [5.41, 5.74) is 3.47. The lowest BCUT2D eigenvalue weighted by atomic mass is 10.1. The monoisotopic (exact) mass is 373 g/mol. The maximum Gasteiger partial charge on any atom is 0.253 e. The first-order valence-electron chi connectivity index (χ1n) is 8.79. The maximum absolute atomic E-state index is 12.7. The number of rotatable bonds is 5. The number of hydrogen-bond acceptors (Lipinski definition) is 5. The molecule has 140 valence electrons. The maximum atomic E-state index is 12.7. The fraction of sp³-hybridized carbons (Fsp3) is 0.150. The van der Waals surface area contributed by atoms with Crippen LogP contribution in [0.25, 0.3) is 17.1 Å². The molecule has 0 fully saturated rings. The molecule has 4 aromatic rings. The Balaban J connectivity index is 1.43. The molecular weight excluding hydrogens is 354 g/mol. The highest BCUT2D eigenvalue weighted by Crippen LogP contribution is 2.16. The predicted octanol–water partition coefficient (Wildman–Crippen LogP) is 2.33. The van der Waals surface area contributed by atoms with E-state index in [1.807, 2.05) is 48.7 Å². The summed E-state index contributed by atoms with van der Waals surface area (Å²) in [5, 5.41) is 16.2. The lowest BCUT2D eigenvalue weighted by Gasteiger charge is -2.17. The molecule has 0 unspecified atom stereocenters. The largest absolute Gasteiger partial charge is 0.337 e. The summed E-state index contributed by atoms with van der Waals surface area (Å²) in [6.07, 6.45) is 3.64. The second kappa shape index (κ2) is 7.43. The summed E-state index contributed by atoms with van der Waals surface area (Å²) in [6.45, 7) is 0.520. The number of hydrogen-bond donors (Lipinski definition) is 0. The first-order chi connectivity index (χ1) is 13.6. The van der Waals surface area contributed by atoms with Crippen molar-refractivity contribution in [2.75, 3.05) is 7.05 Å². The van der Waals surface area contributed by atoms with E-state index in [2.05, 4.69) is 20.5 Å². The summed E-state index contributed by atoms with van der Waals surface area (Å²) in [6, 6.07) is 17.1. The molecule has 0 N–H and O–H groups in total. The van der Waals surface area contributed by atoms with Crippen LogP contribution in [-0.4, -0.2) is 47.8 Å². The Morgan fingerprint density at radius 3 is 2.43 bits per heavy atom.